The number of hydrogen-bond donors (Lipinski definition) is 0. The highest BCUT2D eigenvalue weighted by molar-refractivity contribution is 8.00. The molecule has 2 heteroatoms. The van der Waals surface area contributed by atoms with Gasteiger partial charge in [-0.25, -0.2) is 0 Å². The Kier molecular flexibility index (Phi) is 5.83. The van der Waals surface area contributed by atoms with Crippen molar-refractivity contribution in [3.63, 3.8) is 0 Å². The van der Waals surface area contributed by atoms with Crippen LogP contribution in [0.4, 0.5) is 0 Å². The Hall–Kier alpha value is -3.46. The second kappa shape index (κ2) is 9.58. The molecule has 0 saturated carbocycles. The summed E-state index contributed by atoms with van der Waals surface area (Å²) in [6.07, 6.45) is 15.1. The number of thioether (sulfide) groups is 1. The van der Waals surface area contributed by atoms with Crippen LogP contribution >= 0.6 is 23.5 Å². The number of fused-ring (bicyclic) bond motifs is 8. The second-order valence-electron chi connectivity index (χ2n) is 11.2. The van der Waals surface area contributed by atoms with Crippen molar-refractivity contribution in [2.75, 3.05) is 0 Å². The lowest BCUT2D eigenvalue weighted by molar-refractivity contribution is 0.584. The van der Waals surface area contributed by atoms with Crippen LogP contribution in [0.1, 0.15) is 47.1 Å². The van der Waals surface area contributed by atoms with Gasteiger partial charge in [-0.1, -0.05) is 134 Å². The van der Waals surface area contributed by atoms with Crippen molar-refractivity contribution in [3.8, 4) is 0 Å². The van der Waals surface area contributed by atoms with E-state index >= 15 is 0 Å². The van der Waals surface area contributed by atoms with E-state index in [0.29, 0.717) is 17.1 Å². The summed E-state index contributed by atoms with van der Waals surface area (Å²) in [5.74, 6) is 0.774. The number of hydrogen-bond acceptors (Lipinski definition) is 2. The van der Waals surface area contributed by atoms with Crippen molar-refractivity contribution in [1.29, 1.82) is 0 Å². The Labute approximate surface area is 245 Å². The van der Waals surface area contributed by atoms with Crippen molar-refractivity contribution in [2.45, 2.75) is 44.6 Å². The first-order valence-electron chi connectivity index (χ1n) is 14.3. The first-order chi connectivity index (χ1) is 19.8. The highest BCUT2D eigenvalue weighted by Crippen LogP contribution is 2.65. The SMILES string of the molecule is CC1C=CC=CC1c1cccc2c1C1(C3=C(c4ccccc4)C=CCC3S2)c2ccccc2Sc2ccccc21. The number of rotatable bonds is 2. The zero-order chi connectivity index (χ0) is 26.7. The van der Waals surface area contributed by atoms with Gasteiger partial charge in [-0.15, -0.1) is 11.8 Å². The molecular weight excluding hydrogens is 521 g/mol. The van der Waals surface area contributed by atoms with Crippen LogP contribution in [0.3, 0.4) is 0 Å². The van der Waals surface area contributed by atoms with Crippen LogP contribution in [-0.4, -0.2) is 5.25 Å². The van der Waals surface area contributed by atoms with Crippen LogP contribution in [0.15, 0.2) is 154 Å². The van der Waals surface area contributed by atoms with Gasteiger partial charge in [-0.3, -0.25) is 0 Å². The van der Waals surface area contributed by atoms with Crippen molar-refractivity contribution >= 4 is 29.1 Å². The predicted octanol–water partition coefficient (Wildman–Crippen LogP) is 10.2. The molecule has 3 atom stereocenters. The zero-order valence-electron chi connectivity index (χ0n) is 22.5. The first-order valence-corrected chi connectivity index (χ1v) is 15.9. The maximum absolute atomic E-state index is 2.42. The molecule has 0 saturated heterocycles. The van der Waals surface area contributed by atoms with Gasteiger partial charge in [0, 0.05) is 25.9 Å². The zero-order valence-corrected chi connectivity index (χ0v) is 24.1. The molecule has 40 heavy (non-hydrogen) atoms. The fourth-order valence-electron chi connectivity index (χ4n) is 7.38. The molecule has 0 bridgehead atoms. The molecule has 4 aliphatic rings. The van der Waals surface area contributed by atoms with Gasteiger partial charge in [-0.2, -0.15) is 0 Å². The highest BCUT2D eigenvalue weighted by atomic mass is 32.2. The van der Waals surface area contributed by atoms with E-state index in [1.807, 2.05) is 11.8 Å². The van der Waals surface area contributed by atoms with Gasteiger partial charge in [0.25, 0.3) is 0 Å². The third kappa shape index (κ3) is 3.49. The van der Waals surface area contributed by atoms with Crippen molar-refractivity contribution in [2.24, 2.45) is 5.92 Å². The maximum Gasteiger partial charge on any atom is 0.0717 e. The summed E-state index contributed by atoms with van der Waals surface area (Å²) >= 11 is 4.01. The molecule has 3 unspecified atom stereocenters. The van der Waals surface area contributed by atoms with Gasteiger partial charge in [0.15, 0.2) is 0 Å². The molecule has 1 spiro atoms. The normalized spacial score (nSPS) is 23.4. The summed E-state index contributed by atoms with van der Waals surface area (Å²) in [4.78, 5) is 4.17. The summed E-state index contributed by atoms with van der Waals surface area (Å²) in [6, 6.07) is 36.6. The fourth-order valence-corrected chi connectivity index (χ4v) is 10.1. The highest BCUT2D eigenvalue weighted by Gasteiger charge is 2.54. The monoisotopic (exact) mass is 550 g/mol. The molecule has 0 nitrogen and oxygen atoms in total. The minimum atomic E-state index is -0.370. The molecule has 194 valence electrons. The number of benzene rings is 4. The molecule has 0 radical (unpaired) electrons. The smallest absolute Gasteiger partial charge is 0.0717 e. The van der Waals surface area contributed by atoms with E-state index in [4.69, 9.17) is 0 Å². The van der Waals surface area contributed by atoms with E-state index in [1.54, 1.807) is 5.57 Å². The minimum absolute atomic E-state index is 0.336. The Morgan fingerprint density at radius 2 is 1.38 bits per heavy atom. The van der Waals surface area contributed by atoms with E-state index in [0.717, 1.165) is 6.42 Å². The quantitative estimate of drug-likeness (QED) is 0.243. The lowest BCUT2D eigenvalue weighted by Gasteiger charge is -2.51. The molecule has 4 aromatic rings. The van der Waals surface area contributed by atoms with E-state index in [2.05, 4.69) is 152 Å². The van der Waals surface area contributed by atoms with E-state index in [1.165, 1.54) is 48.1 Å². The third-order valence-electron chi connectivity index (χ3n) is 9.01. The van der Waals surface area contributed by atoms with Crippen molar-refractivity contribution in [3.05, 3.63) is 167 Å². The molecule has 2 aliphatic carbocycles. The van der Waals surface area contributed by atoms with E-state index in [9.17, 15) is 0 Å². The Balaban J connectivity index is 1.58. The van der Waals surface area contributed by atoms with Gasteiger partial charge in [-0.05, 0) is 69.5 Å². The lowest BCUT2D eigenvalue weighted by atomic mass is 9.58. The molecular formula is C38H30S2. The second-order valence-corrected chi connectivity index (χ2v) is 13.5. The summed E-state index contributed by atoms with van der Waals surface area (Å²) in [5.41, 5.74) is 9.68. The standard InChI is InChI=1S/C38H30S2/c1-25-13-5-6-16-27(25)29-18-12-24-35-37(29)38(30-19-7-9-21-32(30)39-33-22-10-8-20-31(33)38)36-28(17-11-23-34(36)40-35)26-14-3-2-4-15-26/h2-22,24-25,27,34H,23H2,1H3. The van der Waals surface area contributed by atoms with Crippen LogP contribution in [-0.2, 0) is 5.41 Å². The van der Waals surface area contributed by atoms with Crippen LogP contribution in [0.25, 0.3) is 5.57 Å². The fraction of sp³-hybridized carbons (Fsp3) is 0.158. The molecule has 0 N–H and O–H groups in total. The summed E-state index contributed by atoms with van der Waals surface area (Å²) in [5, 5.41) is 0.367. The first kappa shape index (κ1) is 24.3. The summed E-state index contributed by atoms with van der Waals surface area (Å²) in [6.45, 7) is 2.37. The van der Waals surface area contributed by atoms with Crippen molar-refractivity contribution < 1.29 is 0 Å². The average Bonchev–Trinajstić information content (AvgIpc) is 3.01. The Morgan fingerprint density at radius 3 is 2.12 bits per heavy atom. The summed E-state index contributed by atoms with van der Waals surface area (Å²) < 4.78 is 0. The Bertz CT molecular complexity index is 1710. The van der Waals surface area contributed by atoms with Gasteiger partial charge >= 0.3 is 0 Å². The van der Waals surface area contributed by atoms with Crippen LogP contribution in [0, 0.1) is 5.92 Å². The molecule has 0 aromatic heterocycles. The summed E-state index contributed by atoms with van der Waals surface area (Å²) in [7, 11) is 0. The van der Waals surface area contributed by atoms with Crippen molar-refractivity contribution in [1.82, 2.24) is 0 Å². The molecule has 2 heterocycles. The molecule has 8 rings (SSSR count). The average molecular weight is 551 g/mol. The van der Waals surface area contributed by atoms with Crippen LogP contribution in [0.5, 0.6) is 0 Å². The van der Waals surface area contributed by atoms with Crippen LogP contribution < -0.4 is 0 Å². The van der Waals surface area contributed by atoms with E-state index < -0.39 is 0 Å². The third-order valence-corrected chi connectivity index (χ3v) is 11.5. The van der Waals surface area contributed by atoms with Gasteiger partial charge in [0.1, 0.15) is 0 Å². The minimum Gasteiger partial charge on any atom is -0.118 e. The lowest BCUT2D eigenvalue weighted by Crippen LogP contribution is -2.43. The van der Waals surface area contributed by atoms with E-state index in [-0.39, 0.29) is 5.41 Å². The maximum atomic E-state index is 2.42. The number of allylic oxidation sites excluding steroid dienone is 7. The molecule has 2 aliphatic heterocycles. The largest absolute Gasteiger partial charge is 0.118 e. The topological polar surface area (TPSA) is 0 Å². The van der Waals surface area contributed by atoms with Crippen LogP contribution in [0.2, 0.25) is 0 Å². The van der Waals surface area contributed by atoms with Gasteiger partial charge in [0.05, 0.1) is 5.41 Å². The van der Waals surface area contributed by atoms with Gasteiger partial charge in [0.2, 0.25) is 0 Å². The molecule has 4 aromatic carbocycles. The molecule has 0 fully saturated rings. The predicted molar refractivity (Wildman–Crippen MR) is 170 cm³/mol. The Morgan fingerprint density at radius 1 is 0.700 bits per heavy atom. The van der Waals surface area contributed by atoms with Gasteiger partial charge < -0.3 is 0 Å². The molecule has 0 amide bonds.